The number of carbonyl (C=O) groups is 1. The molecular formula is C15H16ClN3OS. The molecule has 6 heteroatoms. The number of nitrogens with one attached hydrogen (secondary N) is 1. The molecule has 0 spiro atoms. The second-order valence-electron chi connectivity index (χ2n) is 5.12. The van der Waals surface area contributed by atoms with E-state index < -0.39 is 0 Å². The summed E-state index contributed by atoms with van der Waals surface area (Å²) < 4.78 is 0. The average molecular weight is 322 g/mol. The van der Waals surface area contributed by atoms with Crippen LogP contribution in [0.15, 0.2) is 29.8 Å². The van der Waals surface area contributed by atoms with E-state index in [1.807, 2.05) is 6.92 Å². The molecule has 3 heterocycles. The third-order valence-corrected chi connectivity index (χ3v) is 4.99. The Morgan fingerprint density at radius 1 is 1.48 bits per heavy atom. The number of fused-ring (bicyclic) bond motifs is 1. The smallest absolute Gasteiger partial charge is 0.242 e. The van der Waals surface area contributed by atoms with Gasteiger partial charge in [0.25, 0.3) is 0 Å². The zero-order valence-electron chi connectivity index (χ0n) is 11.7. The molecular weight excluding hydrogens is 306 g/mol. The van der Waals surface area contributed by atoms with Gasteiger partial charge in [-0.3, -0.25) is 9.69 Å². The van der Waals surface area contributed by atoms with Crippen LogP contribution in [0.2, 0.25) is 5.02 Å². The number of hydrogen-bond donors (Lipinski definition) is 1. The van der Waals surface area contributed by atoms with E-state index in [4.69, 9.17) is 11.6 Å². The van der Waals surface area contributed by atoms with Crippen LogP contribution in [0.3, 0.4) is 0 Å². The molecule has 4 nitrogen and oxygen atoms in total. The normalized spacial score (nSPS) is 16.3. The number of thiophene rings is 1. The first kappa shape index (κ1) is 14.5. The first-order chi connectivity index (χ1) is 10.1. The first-order valence-corrected chi connectivity index (χ1v) is 8.11. The van der Waals surface area contributed by atoms with Gasteiger partial charge >= 0.3 is 0 Å². The van der Waals surface area contributed by atoms with E-state index in [1.165, 1.54) is 16.6 Å². The van der Waals surface area contributed by atoms with Crippen LogP contribution in [0.4, 0.5) is 5.82 Å². The predicted octanol–water partition coefficient (Wildman–Crippen LogP) is 3.18. The summed E-state index contributed by atoms with van der Waals surface area (Å²) in [5.74, 6) is 0.494. The maximum atomic E-state index is 12.3. The van der Waals surface area contributed by atoms with E-state index in [-0.39, 0.29) is 11.9 Å². The molecule has 0 fully saturated rings. The molecule has 0 saturated heterocycles. The van der Waals surface area contributed by atoms with E-state index in [0.29, 0.717) is 10.8 Å². The monoisotopic (exact) mass is 321 g/mol. The van der Waals surface area contributed by atoms with Crippen LogP contribution in [0.1, 0.15) is 17.4 Å². The molecule has 2 aromatic heterocycles. The van der Waals surface area contributed by atoms with Crippen LogP contribution < -0.4 is 5.32 Å². The molecule has 0 aromatic carbocycles. The molecule has 1 atom stereocenters. The summed E-state index contributed by atoms with van der Waals surface area (Å²) in [4.78, 5) is 20.1. The Kier molecular flexibility index (Phi) is 4.24. The van der Waals surface area contributed by atoms with Gasteiger partial charge in [-0.2, -0.15) is 0 Å². The van der Waals surface area contributed by atoms with Gasteiger partial charge in [0.15, 0.2) is 0 Å². The predicted molar refractivity (Wildman–Crippen MR) is 85.8 cm³/mol. The third-order valence-electron chi connectivity index (χ3n) is 3.74. The summed E-state index contributed by atoms with van der Waals surface area (Å²) >= 11 is 7.59. The van der Waals surface area contributed by atoms with E-state index >= 15 is 0 Å². The Labute approximate surface area is 132 Å². The van der Waals surface area contributed by atoms with Crippen molar-refractivity contribution in [3.05, 3.63) is 45.2 Å². The Bertz CT molecular complexity index is 641. The summed E-state index contributed by atoms with van der Waals surface area (Å²) in [5, 5.41) is 5.52. The van der Waals surface area contributed by atoms with Gasteiger partial charge in [-0.05, 0) is 42.5 Å². The number of halogens is 1. The highest BCUT2D eigenvalue weighted by Crippen LogP contribution is 2.25. The molecule has 1 amide bonds. The zero-order chi connectivity index (χ0) is 14.8. The average Bonchev–Trinajstić information content (AvgIpc) is 2.96. The minimum atomic E-state index is -0.185. The number of carbonyl (C=O) groups excluding carboxylic acids is 1. The lowest BCUT2D eigenvalue weighted by molar-refractivity contribution is -0.121. The second-order valence-corrected chi connectivity index (χ2v) is 6.55. The van der Waals surface area contributed by atoms with Crippen molar-refractivity contribution < 1.29 is 4.79 Å². The maximum absolute atomic E-state index is 12.3. The Morgan fingerprint density at radius 2 is 2.33 bits per heavy atom. The molecule has 0 unspecified atom stereocenters. The molecule has 0 radical (unpaired) electrons. The Morgan fingerprint density at radius 3 is 3.10 bits per heavy atom. The van der Waals surface area contributed by atoms with Crippen molar-refractivity contribution in [1.82, 2.24) is 9.88 Å². The molecule has 3 rings (SSSR count). The standard InChI is InChI=1S/C15H16ClN3OS/c1-10(15(20)18-14-3-2-12(16)8-17-14)19-6-4-13-11(9-19)5-7-21-13/h2-3,5,7-8,10H,4,6,9H2,1H3,(H,17,18,20)/t10-/m0/s1. The van der Waals surface area contributed by atoms with Crippen LogP contribution in [-0.2, 0) is 17.8 Å². The molecule has 110 valence electrons. The molecule has 2 aromatic rings. The summed E-state index contributed by atoms with van der Waals surface area (Å²) in [6, 6.07) is 5.39. The van der Waals surface area contributed by atoms with Crippen LogP contribution in [-0.4, -0.2) is 28.4 Å². The van der Waals surface area contributed by atoms with Gasteiger partial charge in [0, 0.05) is 24.2 Å². The summed E-state index contributed by atoms with van der Waals surface area (Å²) in [5.41, 5.74) is 1.34. The second kappa shape index (κ2) is 6.13. The molecule has 0 saturated carbocycles. The number of rotatable bonds is 3. The van der Waals surface area contributed by atoms with Gasteiger partial charge in [-0.1, -0.05) is 11.6 Å². The molecule has 1 aliphatic rings. The molecule has 0 aliphatic carbocycles. The zero-order valence-corrected chi connectivity index (χ0v) is 13.2. The topological polar surface area (TPSA) is 45.2 Å². The number of hydrogen-bond acceptors (Lipinski definition) is 4. The highest BCUT2D eigenvalue weighted by molar-refractivity contribution is 7.10. The third kappa shape index (κ3) is 3.26. The Hall–Kier alpha value is -1.43. The van der Waals surface area contributed by atoms with Crippen molar-refractivity contribution in [2.24, 2.45) is 0 Å². The minimum absolute atomic E-state index is 0.0384. The van der Waals surface area contributed by atoms with Crippen molar-refractivity contribution in [2.75, 3.05) is 11.9 Å². The van der Waals surface area contributed by atoms with Crippen molar-refractivity contribution in [3.63, 3.8) is 0 Å². The number of amides is 1. The lowest BCUT2D eigenvalue weighted by Crippen LogP contribution is -2.44. The lowest BCUT2D eigenvalue weighted by atomic mass is 10.1. The maximum Gasteiger partial charge on any atom is 0.242 e. The highest BCUT2D eigenvalue weighted by atomic mass is 35.5. The van der Waals surface area contributed by atoms with Crippen molar-refractivity contribution in [2.45, 2.75) is 25.9 Å². The number of anilines is 1. The largest absolute Gasteiger partial charge is 0.309 e. The minimum Gasteiger partial charge on any atom is -0.309 e. The lowest BCUT2D eigenvalue weighted by Gasteiger charge is -2.31. The van der Waals surface area contributed by atoms with E-state index in [1.54, 1.807) is 23.5 Å². The fraction of sp³-hybridized carbons (Fsp3) is 0.333. The van der Waals surface area contributed by atoms with Gasteiger partial charge in [-0.25, -0.2) is 4.98 Å². The van der Waals surface area contributed by atoms with Crippen LogP contribution in [0.25, 0.3) is 0 Å². The summed E-state index contributed by atoms with van der Waals surface area (Å²) in [6.07, 6.45) is 2.55. The molecule has 1 aliphatic heterocycles. The number of aromatic nitrogens is 1. The van der Waals surface area contributed by atoms with Gasteiger partial charge in [-0.15, -0.1) is 11.3 Å². The molecule has 0 bridgehead atoms. The number of pyridine rings is 1. The number of nitrogens with zero attached hydrogens (tertiary/aromatic N) is 2. The fourth-order valence-corrected chi connectivity index (χ4v) is 3.45. The van der Waals surface area contributed by atoms with Crippen LogP contribution in [0.5, 0.6) is 0 Å². The van der Waals surface area contributed by atoms with Gasteiger partial charge in [0.05, 0.1) is 11.1 Å². The van der Waals surface area contributed by atoms with E-state index in [2.05, 4.69) is 26.6 Å². The van der Waals surface area contributed by atoms with Crippen molar-refractivity contribution in [1.29, 1.82) is 0 Å². The van der Waals surface area contributed by atoms with E-state index in [0.717, 1.165) is 19.5 Å². The first-order valence-electron chi connectivity index (χ1n) is 6.85. The quantitative estimate of drug-likeness (QED) is 0.944. The van der Waals surface area contributed by atoms with Crippen molar-refractivity contribution >= 4 is 34.7 Å². The summed E-state index contributed by atoms with van der Waals surface area (Å²) in [7, 11) is 0. The summed E-state index contributed by atoms with van der Waals surface area (Å²) in [6.45, 7) is 3.68. The fourth-order valence-electron chi connectivity index (χ4n) is 2.45. The van der Waals surface area contributed by atoms with Crippen LogP contribution >= 0.6 is 22.9 Å². The van der Waals surface area contributed by atoms with Gasteiger partial charge in [0.1, 0.15) is 5.82 Å². The van der Waals surface area contributed by atoms with E-state index in [9.17, 15) is 4.79 Å². The van der Waals surface area contributed by atoms with Crippen LogP contribution in [0, 0.1) is 0 Å². The molecule has 1 N–H and O–H groups in total. The SMILES string of the molecule is C[C@@H](C(=O)Nc1ccc(Cl)cn1)N1CCc2sccc2C1. The molecule has 21 heavy (non-hydrogen) atoms. The van der Waals surface area contributed by atoms with Gasteiger partial charge in [0.2, 0.25) is 5.91 Å². The van der Waals surface area contributed by atoms with Crippen molar-refractivity contribution in [3.8, 4) is 0 Å². The highest BCUT2D eigenvalue weighted by Gasteiger charge is 2.26. The van der Waals surface area contributed by atoms with Gasteiger partial charge < -0.3 is 5.32 Å². The Balaban J connectivity index is 1.64.